The molecule has 1 unspecified atom stereocenters. The molecule has 1 aromatic carbocycles. The lowest BCUT2D eigenvalue weighted by atomic mass is 10.0. The van der Waals surface area contributed by atoms with E-state index >= 15 is 0 Å². The number of imidazole rings is 1. The van der Waals surface area contributed by atoms with Crippen molar-refractivity contribution in [3.8, 4) is 5.75 Å². The normalized spacial score (nSPS) is 17.1. The number of carbonyl (C=O) groups excluding carboxylic acids is 1. The smallest absolute Gasteiger partial charge is 0.211 e. The monoisotopic (exact) mass is 444 g/mol. The molecule has 0 saturated carbocycles. The molecule has 1 aromatic heterocycles. The second kappa shape index (κ2) is 6.36. The van der Waals surface area contributed by atoms with E-state index in [-0.39, 0.29) is 18.1 Å². The number of rotatable bonds is 3. The quantitative estimate of drug-likeness (QED) is 0.720. The molecule has 0 fully saturated rings. The molecular formula is C16H15Br2FN2O2. The lowest BCUT2D eigenvalue weighted by Gasteiger charge is -2.19. The number of alkyl halides is 1. The van der Waals surface area contributed by atoms with Gasteiger partial charge in [-0.3, -0.25) is 4.79 Å². The zero-order chi connectivity index (χ0) is 16.7. The molecule has 0 aliphatic carbocycles. The predicted molar refractivity (Wildman–Crippen MR) is 91.8 cm³/mol. The molecule has 1 aliphatic rings. The second-order valence-electron chi connectivity index (χ2n) is 5.54. The molecule has 0 spiro atoms. The van der Waals surface area contributed by atoms with Crippen molar-refractivity contribution >= 4 is 37.6 Å². The first-order valence-corrected chi connectivity index (χ1v) is 8.96. The molecule has 0 radical (unpaired) electrons. The van der Waals surface area contributed by atoms with Crippen LogP contribution < -0.4 is 0 Å². The third kappa shape index (κ3) is 2.96. The predicted octanol–water partition coefficient (Wildman–Crippen LogP) is 4.19. The first kappa shape index (κ1) is 16.6. The largest absolute Gasteiger partial charge is 0.506 e. The fourth-order valence-electron chi connectivity index (χ4n) is 2.85. The van der Waals surface area contributed by atoms with Crippen molar-refractivity contribution < 1.29 is 14.3 Å². The highest BCUT2D eigenvalue weighted by molar-refractivity contribution is 9.11. The minimum Gasteiger partial charge on any atom is -0.506 e. The zero-order valence-corrected chi connectivity index (χ0v) is 15.6. The Morgan fingerprint density at radius 2 is 2.09 bits per heavy atom. The number of halogens is 3. The summed E-state index contributed by atoms with van der Waals surface area (Å²) in [5.74, 6) is 0.600. The van der Waals surface area contributed by atoms with E-state index in [1.807, 2.05) is 6.92 Å². The number of carbonyl (C=O) groups is 1. The first-order chi connectivity index (χ1) is 10.9. The highest BCUT2D eigenvalue weighted by Crippen LogP contribution is 2.34. The number of nitrogens with zero attached hydrogens (tertiary/aromatic N) is 2. The van der Waals surface area contributed by atoms with Crippen LogP contribution in [-0.2, 0) is 19.4 Å². The number of phenolic OH excluding ortho intramolecular Hbond substituents is 1. The summed E-state index contributed by atoms with van der Waals surface area (Å²) in [6, 6.07) is 3.13. The number of aromatic hydroxyl groups is 1. The Kier molecular flexibility index (Phi) is 4.60. The molecule has 0 bridgehead atoms. The second-order valence-corrected chi connectivity index (χ2v) is 7.25. The van der Waals surface area contributed by atoms with Crippen LogP contribution in [0.3, 0.4) is 0 Å². The highest BCUT2D eigenvalue weighted by atomic mass is 79.9. The van der Waals surface area contributed by atoms with E-state index in [2.05, 4.69) is 36.8 Å². The van der Waals surface area contributed by atoms with Crippen LogP contribution in [0, 0.1) is 0 Å². The van der Waals surface area contributed by atoms with Gasteiger partial charge in [0.1, 0.15) is 23.4 Å². The summed E-state index contributed by atoms with van der Waals surface area (Å²) in [6.07, 6.45) is 0.652. The van der Waals surface area contributed by atoms with Crippen LogP contribution in [0.2, 0.25) is 0 Å². The number of hydrogen-bond acceptors (Lipinski definition) is 3. The molecule has 23 heavy (non-hydrogen) atoms. The minimum atomic E-state index is -0.953. The van der Waals surface area contributed by atoms with E-state index in [4.69, 9.17) is 0 Å². The highest BCUT2D eigenvalue weighted by Gasteiger charge is 2.28. The molecule has 0 amide bonds. The summed E-state index contributed by atoms with van der Waals surface area (Å²) in [7, 11) is 0. The minimum absolute atomic E-state index is 0.0383. The van der Waals surface area contributed by atoms with Gasteiger partial charge in [0.25, 0.3) is 0 Å². The molecular weight excluding hydrogens is 431 g/mol. The van der Waals surface area contributed by atoms with Crippen molar-refractivity contribution in [2.75, 3.05) is 0 Å². The maximum atomic E-state index is 13.8. The van der Waals surface area contributed by atoms with Crippen LogP contribution in [-0.4, -0.2) is 26.6 Å². The molecule has 1 N–H and O–H groups in total. The number of ketones is 1. The summed E-state index contributed by atoms with van der Waals surface area (Å²) >= 11 is 6.47. The van der Waals surface area contributed by atoms with E-state index in [1.54, 1.807) is 16.7 Å². The maximum absolute atomic E-state index is 13.8. The Bertz CT molecular complexity index is 766. The van der Waals surface area contributed by atoms with Crippen LogP contribution in [0.1, 0.15) is 40.9 Å². The summed E-state index contributed by atoms with van der Waals surface area (Å²) in [5, 5.41) is 9.80. The average molecular weight is 446 g/mol. The molecule has 7 heteroatoms. The third-order valence-corrected chi connectivity index (χ3v) is 5.22. The van der Waals surface area contributed by atoms with E-state index in [1.165, 1.54) is 0 Å². The lowest BCUT2D eigenvalue weighted by Crippen LogP contribution is -2.24. The van der Waals surface area contributed by atoms with Crippen molar-refractivity contribution in [3.05, 3.63) is 43.9 Å². The first-order valence-electron chi connectivity index (χ1n) is 7.37. The van der Waals surface area contributed by atoms with Gasteiger partial charge in [-0.2, -0.15) is 0 Å². The van der Waals surface area contributed by atoms with Gasteiger partial charge in [0.15, 0.2) is 0 Å². The van der Waals surface area contributed by atoms with Gasteiger partial charge in [-0.25, -0.2) is 9.37 Å². The fraction of sp³-hybridized carbons (Fsp3) is 0.375. The van der Waals surface area contributed by atoms with Gasteiger partial charge in [0.2, 0.25) is 5.78 Å². The van der Waals surface area contributed by atoms with Crippen LogP contribution in [0.25, 0.3) is 0 Å². The Balaban J connectivity index is 2.11. The maximum Gasteiger partial charge on any atom is 0.211 e. The van der Waals surface area contributed by atoms with E-state index < -0.39 is 6.17 Å². The van der Waals surface area contributed by atoms with Gasteiger partial charge < -0.3 is 9.67 Å². The molecule has 3 rings (SSSR count). The third-order valence-electron chi connectivity index (χ3n) is 4.01. The number of phenols is 1. The van der Waals surface area contributed by atoms with Crippen molar-refractivity contribution in [1.29, 1.82) is 0 Å². The van der Waals surface area contributed by atoms with Gasteiger partial charge in [0, 0.05) is 12.0 Å². The van der Waals surface area contributed by atoms with E-state index in [0.717, 1.165) is 5.82 Å². The van der Waals surface area contributed by atoms with Crippen molar-refractivity contribution in [1.82, 2.24) is 9.55 Å². The molecule has 1 aliphatic heterocycles. The Morgan fingerprint density at radius 3 is 2.70 bits per heavy atom. The standard InChI is InChI=1S/C16H15Br2FN2O2/c1-2-12-14(21-7-9(19)3-4-13(21)20-12)15(22)8-5-10(17)16(23)11(18)6-8/h5-6,9,23H,2-4,7H2,1H3. The van der Waals surface area contributed by atoms with Crippen LogP contribution >= 0.6 is 31.9 Å². The lowest BCUT2D eigenvalue weighted by molar-refractivity contribution is 0.102. The number of fused-ring (bicyclic) bond motifs is 1. The number of hydrogen-bond donors (Lipinski definition) is 1. The molecule has 2 heterocycles. The Labute approximate surface area is 150 Å². The fourth-order valence-corrected chi connectivity index (χ4v) is 4.04. The Hall–Kier alpha value is -1.21. The number of aromatic nitrogens is 2. The number of aryl methyl sites for hydroxylation is 2. The summed E-state index contributed by atoms with van der Waals surface area (Å²) < 4.78 is 16.4. The summed E-state index contributed by atoms with van der Waals surface area (Å²) in [5.41, 5.74) is 1.56. The van der Waals surface area contributed by atoms with E-state index in [9.17, 15) is 14.3 Å². The van der Waals surface area contributed by atoms with Crippen LogP contribution in [0.4, 0.5) is 4.39 Å². The van der Waals surface area contributed by atoms with E-state index in [0.29, 0.717) is 45.2 Å². The summed E-state index contributed by atoms with van der Waals surface area (Å²) in [6.45, 7) is 2.10. The molecule has 2 aromatic rings. The topological polar surface area (TPSA) is 55.1 Å². The Morgan fingerprint density at radius 1 is 1.43 bits per heavy atom. The molecule has 122 valence electrons. The zero-order valence-electron chi connectivity index (χ0n) is 12.4. The van der Waals surface area contributed by atoms with Crippen LogP contribution in [0.15, 0.2) is 21.1 Å². The number of benzene rings is 1. The average Bonchev–Trinajstić information content (AvgIpc) is 2.89. The van der Waals surface area contributed by atoms with Crippen molar-refractivity contribution in [2.24, 2.45) is 0 Å². The van der Waals surface area contributed by atoms with Gasteiger partial charge in [-0.05, 0) is 56.8 Å². The SMILES string of the molecule is CCc1nc2n(c1C(=O)c1cc(Br)c(O)c(Br)c1)CC(F)CC2. The van der Waals surface area contributed by atoms with Crippen LogP contribution in [0.5, 0.6) is 5.75 Å². The van der Waals surface area contributed by atoms with Gasteiger partial charge in [-0.1, -0.05) is 6.92 Å². The molecule has 0 saturated heterocycles. The summed E-state index contributed by atoms with van der Waals surface area (Å²) in [4.78, 5) is 17.5. The molecule has 4 nitrogen and oxygen atoms in total. The van der Waals surface area contributed by atoms with Gasteiger partial charge >= 0.3 is 0 Å². The molecule has 1 atom stereocenters. The van der Waals surface area contributed by atoms with Gasteiger partial charge in [0.05, 0.1) is 21.2 Å². The van der Waals surface area contributed by atoms with Gasteiger partial charge in [-0.15, -0.1) is 0 Å². The van der Waals surface area contributed by atoms with Crippen molar-refractivity contribution in [2.45, 2.75) is 38.9 Å². The van der Waals surface area contributed by atoms with Crippen molar-refractivity contribution in [3.63, 3.8) is 0 Å².